The summed E-state index contributed by atoms with van der Waals surface area (Å²) < 4.78 is 7.25. The molecule has 1 aliphatic heterocycles. The molecule has 29 heavy (non-hydrogen) atoms. The Morgan fingerprint density at radius 2 is 2.03 bits per heavy atom. The van der Waals surface area contributed by atoms with Crippen molar-refractivity contribution in [1.82, 2.24) is 19.6 Å². The van der Waals surface area contributed by atoms with Gasteiger partial charge in [-0.25, -0.2) is 0 Å². The first-order valence-electron chi connectivity index (χ1n) is 9.95. The van der Waals surface area contributed by atoms with Crippen molar-refractivity contribution in [2.45, 2.75) is 39.8 Å². The Balaban J connectivity index is 1.68. The zero-order valence-electron chi connectivity index (χ0n) is 17.9. The largest absolute Gasteiger partial charge is 0.496 e. The highest BCUT2D eigenvalue weighted by atomic mass is 16.5. The van der Waals surface area contributed by atoms with Gasteiger partial charge in [-0.2, -0.15) is 5.10 Å². The molecule has 1 saturated heterocycles. The van der Waals surface area contributed by atoms with Gasteiger partial charge >= 0.3 is 0 Å². The molecule has 2 amide bonds. The van der Waals surface area contributed by atoms with Crippen LogP contribution in [0.1, 0.15) is 35.4 Å². The van der Waals surface area contributed by atoms with Crippen LogP contribution in [-0.2, 0) is 29.7 Å². The summed E-state index contributed by atoms with van der Waals surface area (Å²) >= 11 is 0. The molecule has 7 heteroatoms. The zero-order chi connectivity index (χ0) is 21.1. The average Bonchev–Trinajstić information content (AvgIpc) is 2.95. The first-order chi connectivity index (χ1) is 13.8. The number of carbonyl (C=O) groups excluding carboxylic acids is 2. The van der Waals surface area contributed by atoms with Crippen LogP contribution in [0.3, 0.4) is 0 Å². The second-order valence-electron chi connectivity index (χ2n) is 7.79. The number of likely N-dealkylation sites (tertiary alicyclic amines) is 1. The number of nitrogens with zero attached hydrogens (tertiary/aromatic N) is 4. The van der Waals surface area contributed by atoms with Crippen molar-refractivity contribution in [2.24, 2.45) is 13.0 Å². The smallest absolute Gasteiger partial charge is 0.227 e. The Bertz CT molecular complexity index is 905. The standard InChI is InChI=1S/C22H30N4O3/c1-15-19(16(2)25(4)23-15)14-24(3)22(28)18-10-11-21(27)26(13-18)12-17-8-6-7-9-20(17)29-5/h6-9,18H,10-14H2,1-5H3/t18-/m1/s1. The number of piperidine rings is 1. The predicted octanol–water partition coefficient (Wildman–Crippen LogP) is 2.44. The SMILES string of the molecule is COc1ccccc1CN1C[C@H](C(=O)N(C)Cc2c(C)nn(C)c2C)CCC1=O. The minimum atomic E-state index is -0.190. The van der Waals surface area contributed by atoms with E-state index in [0.717, 1.165) is 28.3 Å². The van der Waals surface area contributed by atoms with Gasteiger partial charge in [-0.15, -0.1) is 0 Å². The van der Waals surface area contributed by atoms with Crippen molar-refractivity contribution in [3.63, 3.8) is 0 Å². The molecule has 7 nitrogen and oxygen atoms in total. The molecule has 0 spiro atoms. The van der Waals surface area contributed by atoms with Crippen molar-refractivity contribution in [1.29, 1.82) is 0 Å². The van der Waals surface area contributed by atoms with Gasteiger partial charge in [-0.1, -0.05) is 18.2 Å². The molecule has 0 saturated carbocycles. The molecule has 0 aliphatic carbocycles. The molecule has 1 atom stereocenters. The van der Waals surface area contributed by atoms with Crippen LogP contribution in [0.15, 0.2) is 24.3 Å². The Morgan fingerprint density at radius 3 is 2.69 bits per heavy atom. The first-order valence-corrected chi connectivity index (χ1v) is 9.95. The molecule has 2 heterocycles. The summed E-state index contributed by atoms with van der Waals surface area (Å²) in [5.41, 5.74) is 4.05. The minimum absolute atomic E-state index is 0.0742. The van der Waals surface area contributed by atoms with E-state index >= 15 is 0 Å². The quantitative estimate of drug-likeness (QED) is 0.750. The normalized spacial score (nSPS) is 16.8. The Labute approximate surface area is 172 Å². The summed E-state index contributed by atoms with van der Waals surface area (Å²) in [6.07, 6.45) is 0.986. The van der Waals surface area contributed by atoms with E-state index in [2.05, 4.69) is 5.10 Å². The van der Waals surface area contributed by atoms with Crippen LogP contribution in [0.5, 0.6) is 5.75 Å². The van der Waals surface area contributed by atoms with Crippen molar-refractivity contribution < 1.29 is 14.3 Å². The van der Waals surface area contributed by atoms with Crippen molar-refractivity contribution in [3.05, 3.63) is 46.8 Å². The average molecular weight is 399 g/mol. The number of aryl methyl sites for hydroxylation is 2. The van der Waals surface area contributed by atoms with Crippen molar-refractivity contribution in [2.75, 3.05) is 20.7 Å². The second kappa shape index (κ2) is 8.68. The lowest BCUT2D eigenvalue weighted by molar-refractivity contribution is -0.143. The molecule has 0 N–H and O–H groups in total. The molecular formula is C22H30N4O3. The summed E-state index contributed by atoms with van der Waals surface area (Å²) in [6.45, 7) is 5.40. The number of hydrogen-bond acceptors (Lipinski definition) is 4. The van der Waals surface area contributed by atoms with Gasteiger partial charge in [0, 0.05) is 57.0 Å². The number of amides is 2. The van der Waals surface area contributed by atoms with Crippen LogP contribution in [-0.4, -0.2) is 52.1 Å². The van der Waals surface area contributed by atoms with E-state index in [-0.39, 0.29) is 17.7 Å². The molecule has 1 aromatic carbocycles. The maximum Gasteiger partial charge on any atom is 0.227 e. The Kier molecular flexibility index (Phi) is 6.25. The molecule has 1 fully saturated rings. The van der Waals surface area contributed by atoms with Gasteiger partial charge in [0.05, 0.1) is 18.7 Å². The second-order valence-corrected chi connectivity index (χ2v) is 7.79. The van der Waals surface area contributed by atoms with Crippen LogP contribution in [0.25, 0.3) is 0 Å². The summed E-state index contributed by atoms with van der Waals surface area (Å²) in [4.78, 5) is 29.1. The van der Waals surface area contributed by atoms with E-state index in [1.54, 1.807) is 16.9 Å². The molecule has 0 radical (unpaired) electrons. The fraction of sp³-hybridized carbons (Fsp3) is 0.500. The molecule has 2 aromatic rings. The van der Waals surface area contributed by atoms with Crippen LogP contribution in [0.2, 0.25) is 0 Å². The topological polar surface area (TPSA) is 67.7 Å². The number of carbonyl (C=O) groups is 2. The van der Waals surface area contributed by atoms with E-state index in [1.165, 1.54) is 0 Å². The number of ether oxygens (including phenoxy) is 1. The van der Waals surface area contributed by atoms with E-state index in [9.17, 15) is 9.59 Å². The highest BCUT2D eigenvalue weighted by Gasteiger charge is 2.32. The van der Waals surface area contributed by atoms with Gasteiger partial charge in [0.2, 0.25) is 11.8 Å². The number of para-hydroxylation sites is 1. The first kappa shape index (κ1) is 20.9. The number of methoxy groups -OCH3 is 1. The highest BCUT2D eigenvalue weighted by Crippen LogP contribution is 2.25. The lowest BCUT2D eigenvalue weighted by Crippen LogP contribution is -2.45. The summed E-state index contributed by atoms with van der Waals surface area (Å²) in [7, 11) is 5.37. The van der Waals surface area contributed by atoms with Crippen LogP contribution in [0.4, 0.5) is 0 Å². The van der Waals surface area contributed by atoms with Gasteiger partial charge < -0.3 is 14.5 Å². The van der Waals surface area contributed by atoms with Crippen LogP contribution < -0.4 is 4.74 Å². The molecule has 1 aliphatic rings. The number of aromatic nitrogens is 2. The molecular weight excluding hydrogens is 368 g/mol. The van der Waals surface area contributed by atoms with Gasteiger partial charge in [0.15, 0.2) is 0 Å². The fourth-order valence-electron chi connectivity index (χ4n) is 3.98. The Morgan fingerprint density at radius 1 is 1.31 bits per heavy atom. The maximum atomic E-state index is 13.1. The third-order valence-corrected chi connectivity index (χ3v) is 5.83. The molecule has 156 valence electrons. The third kappa shape index (κ3) is 4.44. The summed E-state index contributed by atoms with van der Waals surface area (Å²) in [5, 5.41) is 4.43. The van der Waals surface area contributed by atoms with Crippen molar-refractivity contribution >= 4 is 11.8 Å². The van der Waals surface area contributed by atoms with E-state index in [1.807, 2.05) is 56.9 Å². The predicted molar refractivity (Wildman–Crippen MR) is 110 cm³/mol. The summed E-state index contributed by atoms with van der Waals surface area (Å²) in [6, 6.07) is 7.68. The zero-order valence-corrected chi connectivity index (χ0v) is 17.9. The van der Waals surface area contributed by atoms with Crippen LogP contribution >= 0.6 is 0 Å². The Hall–Kier alpha value is -2.83. The molecule has 3 rings (SSSR count). The number of benzene rings is 1. The van der Waals surface area contributed by atoms with E-state index in [0.29, 0.717) is 32.5 Å². The lowest BCUT2D eigenvalue weighted by Gasteiger charge is -2.34. The highest BCUT2D eigenvalue weighted by molar-refractivity contribution is 5.83. The molecule has 0 bridgehead atoms. The van der Waals surface area contributed by atoms with Crippen molar-refractivity contribution in [3.8, 4) is 5.75 Å². The van der Waals surface area contributed by atoms with Gasteiger partial charge in [-0.3, -0.25) is 14.3 Å². The fourth-order valence-corrected chi connectivity index (χ4v) is 3.98. The number of rotatable bonds is 6. The number of hydrogen-bond donors (Lipinski definition) is 0. The lowest BCUT2D eigenvalue weighted by atomic mass is 9.95. The van der Waals surface area contributed by atoms with Gasteiger partial charge in [0.1, 0.15) is 5.75 Å². The molecule has 0 unspecified atom stereocenters. The maximum absolute atomic E-state index is 13.1. The minimum Gasteiger partial charge on any atom is -0.496 e. The van der Waals surface area contributed by atoms with E-state index in [4.69, 9.17) is 4.74 Å². The molecule has 1 aromatic heterocycles. The van der Waals surface area contributed by atoms with Gasteiger partial charge in [0.25, 0.3) is 0 Å². The van der Waals surface area contributed by atoms with E-state index < -0.39 is 0 Å². The monoisotopic (exact) mass is 398 g/mol. The van der Waals surface area contributed by atoms with Gasteiger partial charge in [-0.05, 0) is 26.3 Å². The third-order valence-electron chi connectivity index (χ3n) is 5.83. The van der Waals surface area contributed by atoms with Crippen LogP contribution in [0, 0.1) is 19.8 Å². The summed E-state index contributed by atoms with van der Waals surface area (Å²) in [5.74, 6) is 0.727.